The first-order valence-electron chi connectivity index (χ1n) is 5.86. The van der Waals surface area contributed by atoms with Crippen molar-refractivity contribution in [1.82, 2.24) is 10.3 Å². The van der Waals surface area contributed by atoms with E-state index in [2.05, 4.69) is 26.2 Å². The Kier molecular flexibility index (Phi) is 4.50. The predicted octanol–water partition coefficient (Wildman–Crippen LogP) is 4.06. The molecular weight excluding hydrogens is 311 g/mol. The molecule has 0 saturated heterocycles. The van der Waals surface area contributed by atoms with Crippen molar-refractivity contribution in [3.8, 4) is 11.5 Å². The fourth-order valence-corrected chi connectivity index (χ4v) is 1.87. The van der Waals surface area contributed by atoms with Crippen LogP contribution >= 0.6 is 15.9 Å². The number of benzene rings is 1. The lowest BCUT2D eigenvalue weighted by atomic mass is 10.2. The molecule has 5 heteroatoms. The van der Waals surface area contributed by atoms with Gasteiger partial charge in [-0.2, -0.15) is 0 Å². The minimum Gasteiger partial charge on any atom is -0.453 e. The fraction of sp³-hybridized carbons (Fsp3) is 0.214. The maximum absolute atomic E-state index is 13.6. The molecule has 0 saturated carbocycles. The summed E-state index contributed by atoms with van der Waals surface area (Å²) >= 11 is 3.20. The highest BCUT2D eigenvalue weighted by molar-refractivity contribution is 9.10. The normalized spacial score (nSPS) is 12.2. The predicted molar refractivity (Wildman–Crippen MR) is 75.9 cm³/mol. The standard InChI is InChI=1S/C14H14BrFN2O/c1-9(17-2)13-5-4-11(8-18-13)19-14-6-3-10(15)7-12(14)16/h3-9,17H,1-2H3. The number of nitrogens with one attached hydrogen (secondary N) is 1. The van der Waals surface area contributed by atoms with E-state index in [4.69, 9.17) is 4.74 Å². The average Bonchev–Trinajstić information content (AvgIpc) is 2.42. The van der Waals surface area contributed by atoms with Crippen LogP contribution in [0.2, 0.25) is 0 Å². The van der Waals surface area contributed by atoms with E-state index in [9.17, 15) is 4.39 Å². The first-order chi connectivity index (χ1) is 9.10. The topological polar surface area (TPSA) is 34.1 Å². The summed E-state index contributed by atoms with van der Waals surface area (Å²) in [5.74, 6) is 0.273. The maximum atomic E-state index is 13.6. The molecule has 0 fully saturated rings. The van der Waals surface area contributed by atoms with Crippen LogP contribution in [-0.2, 0) is 0 Å². The molecule has 1 unspecified atom stereocenters. The first kappa shape index (κ1) is 14.0. The van der Waals surface area contributed by atoms with Crippen molar-refractivity contribution in [2.75, 3.05) is 7.05 Å². The lowest BCUT2D eigenvalue weighted by Crippen LogP contribution is -2.13. The van der Waals surface area contributed by atoms with Crippen molar-refractivity contribution in [3.05, 3.63) is 52.5 Å². The third-order valence-electron chi connectivity index (χ3n) is 2.76. The van der Waals surface area contributed by atoms with Gasteiger partial charge in [0.1, 0.15) is 5.75 Å². The summed E-state index contributed by atoms with van der Waals surface area (Å²) in [6.45, 7) is 2.01. The third kappa shape index (κ3) is 3.52. The molecule has 1 aromatic heterocycles. The molecule has 19 heavy (non-hydrogen) atoms. The molecule has 1 N–H and O–H groups in total. The van der Waals surface area contributed by atoms with E-state index in [1.807, 2.05) is 20.0 Å². The summed E-state index contributed by atoms with van der Waals surface area (Å²) in [5, 5.41) is 3.10. The molecule has 0 bridgehead atoms. The van der Waals surface area contributed by atoms with Crippen LogP contribution in [0.15, 0.2) is 41.0 Å². The van der Waals surface area contributed by atoms with Gasteiger partial charge in [0.25, 0.3) is 0 Å². The van der Waals surface area contributed by atoms with Gasteiger partial charge in [0.15, 0.2) is 11.6 Å². The summed E-state index contributed by atoms with van der Waals surface area (Å²) in [4.78, 5) is 4.27. The van der Waals surface area contributed by atoms with Crippen LogP contribution in [0.4, 0.5) is 4.39 Å². The van der Waals surface area contributed by atoms with Crippen molar-refractivity contribution in [2.24, 2.45) is 0 Å². The molecule has 0 radical (unpaired) electrons. The number of rotatable bonds is 4. The van der Waals surface area contributed by atoms with Gasteiger partial charge in [0.2, 0.25) is 0 Å². The fourth-order valence-electron chi connectivity index (χ4n) is 1.54. The van der Waals surface area contributed by atoms with E-state index in [0.717, 1.165) is 5.69 Å². The summed E-state index contributed by atoms with van der Waals surface area (Å²) in [7, 11) is 1.87. The Morgan fingerprint density at radius 1 is 1.32 bits per heavy atom. The minimum atomic E-state index is -0.415. The monoisotopic (exact) mass is 324 g/mol. The largest absolute Gasteiger partial charge is 0.453 e. The Balaban J connectivity index is 2.15. The highest BCUT2D eigenvalue weighted by atomic mass is 79.9. The van der Waals surface area contributed by atoms with Gasteiger partial charge < -0.3 is 10.1 Å². The van der Waals surface area contributed by atoms with E-state index >= 15 is 0 Å². The van der Waals surface area contributed by atoms with E-state index in [0.29, 0.717) is 10.2 Å². The molecule has 3 nitrogen and oxygen atoms in total. The van der Waals surface area contributed by atoms with Crippen LogP contribution in [-0.4, -0.2) is 12.0 Å². The van der Waals surface area contributed by atoms with E-state index < -0.39 is 5.82 Å². The molecule has 1 heterocycles. The van der Waals surface area contributed by atoms with Crippen molar-refractivity contribution < 1.29 is 9.13 Å². The highest BCUT2D eigenvalue weighted by Gasteiger charge is 2.07. The molecule has 100 valence electrons. The molecule has 1 atom stereocenters. The molecule has 1 aromatic carbocycles. The van der Waals surface area contributed by atoms with Crippen LogP contribution in [0, 0.1) is 5.82 Å². The second-order valence-electron chi connectivity index (χ2n) is 4.11. The number of nitrogens with zero attached hydrogens (tertiary/aromatic N) is 1. The van der Waals surface area contributed by atoms with Crippen LogP contribution in [0.25, 0.3) is 0 Å². The Morgan fingerprint density at radius 2 is 2.11 bits per heavy atom. The summed E-state index contributed by atoms with van der Waals surface area (Å²) in [6, 6.07) is 8.45. The van der Waals surface area contributed by atoms with Gasteiger partial charge in [-0.25, -0.2) is 4.39 Å². The molecule has 0 aliphatic heterocycles. The molecule has 0 spiro atoms. The quantitative estimate of drug-likeness (QED) is 0.921. The average molecular weight is 325 g/mol. The molecule has 2 rings (SSSR count). The lowest BCUT2D eigenvalue weighted by Gasteiger charge is -2.11. The Bertz CT molecular complexity index is 560. The summed E-state index contributed by atoms with van der Waals surface area (Å²) in [6.07, 6.45) is 1.59. The van der Waals surface area contributed by atoms with E-state index in [-0.39, 0.29) is 11.8 Å². The van der Waals surface area contributed by atoms with Crippen molar-refractivity contribution in [2.45, 2.75) is 13.0 Å². The van der Waals surface area contributed by atoms with Gasteiger partial charge in [-0.15, -0.1) is 0 Å². The second kappa shape index (κ2) is 6.12. The van der Waals surface area contributed by atoms with Crippen LogP contribution in [0.5, 0.6) is 11.5 Å². The van der Waals surface area contributed by atoms with Gasteiger partial charge in [0, 0.05) is 10.5 Å². The molecule has 0 aliphatic carbocycles. The number of hydrogen-bond donors (Lipinski definition) is 1. The van der Waals surface area contributed by atoms with E-state index in [1.165, 1.54) is 6.07 Å². The van der Waals surface area contributed by atoms with Crippen molar-refractivity contribution in [1.29, 1.82) is 0 Å². The van der Waals surface area contributed by atoms with Gasteiger partial charge >= 0.3 is 0 Å². The Hall–Kier alpha value is -1.46. The summed E-state index contributed by atoms with van der Waals surface area (Å²) < 4.78 is 19.7. The van der Waals surface area contributed by atoms with Crippen molar-refractivity contribution >= 4 is 15.9 Å². The molecular formula is C14H14BrFN2O. The van der Waals surface area contributed by atoms with Crippen LogP contribution < -0.4 is 10.1 Å². The second-order valence-corrected chi connectivity index (χ2v) is 5.02. The smallest absolute Gasteiger partial charge is 0.166 e. The van der Waals surface area contributed by atoms with Gasteiger partial charge in [0.05, 0.1) is 11.9 Å². The number of pyridine rings is 1. The summed E-state index contributed by atoms with van der Waals surface area (Å²) in [5.41, 5.74) is 0.908. The first-order valence-corrected chi connectivity index (χ1v) is 6.65. The zero-order valence-electron chi connectivity index (χ0n) is 10.7. The van der Waals surface area contributed by atoms with E-state index in [1.54, 1.807) is 24.4 Å². The zero-order valence-corrected chi connectivity index (χ0v) is 12.2. The highest BCUT2D eigenvalue weighted by Crippen LogP contribution is 2.26. The maximum Gasteiger partial charge on any atom is 0.166 e. The number of aromatic nitrogens is 1. The molecule has 0 aliphatic rings. The van der Waals surface area contributed by atoms with Gasteiger partial charge in [-0.3, -0.25) is 4.98 Å². The minimum absolute atomic E-state index is 0.165. The van der Waals surface area contributed by atoms with Crippen LogP contribution in [0.1, 0.15) is 18.7 Å². The van der Waals surface area contributed by atoms with Crippen molar-refractivity contribution in [3.63, 3.8) is 0 Å². The van der Waals surface area contributed by atoms with Crippen LogP contribution in [0.3, 0.4) is 0 Å². The Labute approximate surface area is 119 Å². The number of ether oxygens (including phenoxy) is 1. The third-order valence-corrected chi connectivity index (χ3v) is 3.25. The lowest BCUT2D eigenvalue weighted by molar-refractivity contribution is 0.439. The Morgan fingerprint density at radius 3 is 2.68 bits per heavy atom. The zero-order chi connectivity index (χ0) is 13.8. The number of halogens is 2. The van der Waals surface area contributed by atoms with Gasteiger partial charge in [-0.1, -0.05) is 15.9 Å². The van der Waals surface area contributed by atoms with Gasteiger partial charge in [-0.05, 0) is 44.3 Å². The molecule has 2 aromatic rings. The number of hydrogen-bond acceptors (Lipinski definition) is 3. The SMILES string of the molecule is CNC(C)c1ccc(Oc2ccc(Br)cc2F)cn1. The molecule has 0 amide bonds.